The van der Waals surface area contributed by atoms with Gasteiger partial charge in [-0.3, -0.25) is 9.59 Å². The Morgan fingerprint density at radius 1 is 1.33 bits per heavy atom. The number of carbonyl (C=O) groups is 2. The van der Waals surface area contributed by atoms with Crippen LogP contribution in [-0.2, 0) is 14.3 Å². The first-order chi connectivity index (χ1) is 10.0. The number of benzene rings is 1. The van der Waals surface area contributed by atoms with Crippen molar-refractivity contribution >= 4 is 40.7 Å². The zero-order chi connectivity index (χ0) is 15.4. The Bertz CT molecular complexity index is 531. The second-order valence-electron chi connectivity index (χ2n) is 4.83. The topological polar surface area (TPSA) is 58.6 Å². The Balaban J connectivity index is 2.06. The van der Waals surface area contributed by atoms with Gasteiger partial charge < -0.3 is 15.0 Å². The van der Waals surface area contributed by atoms with Crippen LogP contribution in [0.4, 0.5) is 5.69 Å². The predicted molar refractivity (Wildman–Crippen MR) is 81.7 cm³/mol. The van der Waals surface area contributed by atoms with Gasteiger partial charge in [-0.1, -0.05) is 23.2 Å². The van der Waals surface area contributed by atoms with E-state index in [1.165, 1.54) is 7.11 Å². The van der Waals surface area contributed by atoms with Gasteiger partial charge in [-0.05, 0) is 31.0 Å². The van der Waals surface area contributed by atoms with E-state index in [9.17, 15) is 9.59 Å². The van der Waals surface area contributed by atoms with Crippen LogP contribution in [0.1, 0.15) is 12.8 Å². The van der Waals surface area contributed by atoms with Gasteiger partial charge in [0.2, 0.25) is 11.8 Å². The lowest BCUT2D eigenvalue weighted by Gasteiger charge is -2.23. The van der Waals surface area contributed by atoms with Crippen molar-refractivity contribution in [2.45, 2.75) is 18.9 Å². The van der Waals surface area contributed by atoms with Crippen molar-refractivity contribution in [1.29, 1.82) is 0 Å². The van der Waals surface area contributed by atoms with Crippen molar-refractivity contribution in [3.8, 4) is 0 Å². The quantitative estimate of drug-likeness (QED) is 0.922. The van der Waals surface area contributed by atoms with Gasteiger partial charge in [0, 0.05) is 29.4 Å². The van der Waals surface area contributed by atoms with Gasteiger partial charge >= 0.3 is 0 Å². The summed E-state index contributed by atoms with van der Waals surface area (Å²) in [6.45, 7) is 0.545. The minimum absolute atomic E-state index is 0.0211. The molecule has 1 saturated heterocycles. The first-order valence-electron chi connectivity index (χ1n) is 6.56. The zero-order valence-electron chi connectivity index (χ0n) is 11.6. The highest BCUT2D eigenvalue weighted by Gasteiger charge is 2.33. The van der Waals surface area contributed by atoms with Gasteiger partial charge in [0.25, 0.3) is 0 Å². The molecule has 0 bridgehead atoms. The highest BCUT2D eigenvalue weighted by atomic mass is 35.5. The molecule has 1 aliphatic heterocycles. The van der Waals surface area contributed by atoms with Crippen LogP contribution >= 0.6 is 23.2 Å². The molecular weight excluding hydrogens is 315 g/mol. The van der Waals surface area contributed by atoms with Crippen molar-refractivity contribution in [2.24, 2.45) is 0 Å². The van der Waals surface area contributed by atoms with E-state index in [1.807, 2.05) is 0 Å². The van der Waals surface area contributed by atoms with Crippen LogP contribution in [0.25, 0.3) is 0 Å². The van der Waals surface area contributed by atoms with Gasteiger partial charge in [-0.15, -0.1) is 0 Å². The van der Waals surface area contributed by atoms with E-state index < -0.39 is 6.04 Å². The van der Waals surface area contributed by atoms with Crippen LogP contribution in [-0.4, -0.2) is 43.0 Å². The summed E-state index contributed by atoms with van der Waals surface area (Å²) in [5.41, 5.74) is 0.517. The molecular formula is C14H16Cl2N2O3. The van der Waals surface area contributed by atoms with Crippen molar-refractivity contribution in [1.82, 2.24) is 4.90 Å². The molecule has 1 aromatic rings. The lowest BCUT2D eigenvalue weighted by Crippen LogP contribution is -2.44. The summed E-state index contributed by atoms with van der Waals surface area (Å²) >= 11 is 11.8. The molecule has 0 spiro atoms. The van der Waals surface area contributed by atoms with Crippen molar-refractivity contribution < 1.29 is 14.3 Å². The van der Waals surface area contributed by atoms with Crippen molar-refractivity contribution in [3.05, 3.63) is 28.2 Å². The third kappa shape index (κ3) is 4.09. The maximum Gasteiger partial charge on any atom is 0.249 e. The lowest BCUT2D eigenvalue weighted by molar-refractivity contribution is -0.139. The molecule has 0 aromatic heterocycles. The number of likely N-dealkylation sites (tertiary alicyclic amines) is 1. The number of halogens is 2. The van der Waals surface area contributed by atoms with Gasteiger partial charge in [-0.25, -0.2) is 0 Å². The molecule has 0 saturated carbocycles. The number of nitrogens with zero attached hydrogens (tertiary/aromatic N) is 1. The zero-order valence-corrected chi connectivity index (χ0v) is 13.1. The molecule has 1 aromatic carbocycles. The summed E-state index contributed by atoms with van der Waals surface area (Å²) in [7, 11) is 1.46. The van der Waals surface area contributed by atoms with Crippen LogP contribution in [0.5, 0.6) is 0 Å². The number of hydrogen-bond acceptors (Lipinski definition) is 3. The molecule has 2 amide bonds. The second kappa shape index (κ2) is 7.11. The fraction of sp³-hybridized carbons (Fsp3) is 0.429. The first kappa shape index (κ1) is 16.1. The number of carbonyl (C=O) groups excluding carboxylic acids is 2. The monoisotopic (exact) mass is 330 g/mol. The molecule has 1 N–H and O–H groups in total. The summed E-state index contributed by atoms with van der Waals surface area (Å²) in [5, 5.41) is 3.63. The van der Waals surface area contributed by atoms with E-state index in [-0.39, 0.29) is 18.4 Å². The van der Waals surface area contributed by atoms with Crippen LogP contribution in [0.15, 0.2) is 18.2 Å². The fourth-order valence-electron chi connectivity index (χ4n) is 2.40. The predicted octanol–water partition coefficient (Wildman–Crippen LogP) is 2.57. The number of ether oxygens (including phenoxy) is 1. The normalized spacial score (nSPS) is 17.9. The summed E-state index contributed by atoms with van der Waals surface area (Å²) in [4.78, 5) is 25.8. The Hall–Kier alpha value is -1.30. The molecule has 1 fully saturated rings. The molecule has 0 radical (unpaired) electrons. The maximum absolute atomic E-state index is 12.3. The van der Waals surface area contributed by atoms with E-state index >= 15 is 0 Å². The standard InChI is InChI=1S/C14H16Cl2N2O3/c1-21-8-13(19)18-4-2-3-12(18)14(20)17-11-6-9(15)5-10(16)7-11/h5-7,12H,2-4,8H2,1H3,(H,17,20). The number of nitrogens with one attached hydrogen (secondary N) is 1. The van der Waals surface area contributed by atoms with Gasteiger partial charge in [0.05, 0.1) is 0 Å². The third-order valence-electron chi connectivity index (χ3n) is 3.27. The third-order valence-corrected chi connectivity index (χ3v) is 3.71. The summed E-state index contributed by atoms with van der Waals surface area (Å²) in [6, 6.07) is 4.33. The molecule has 1 atom stereocenters. The van der Waals surface area contributed by atoms with E-state index in [0.717, 1.165) is 6.42 Å². The van der Waals surface area contributed by atoms with E-state index in [2.05, 4.69) is 5.32 Å². The Morgan fingerprint density at radius 2 is 2.00 bits per heavy atom. The Kier molecular flexibility index (Phi) is 5.45. The number of anilines is 1. The minimum Gasteiger partial charge on any atom is -0.375 e. The molecule has 21 heavy (non-hydrogen) atoms. The molecule has 114 valence electrons. The molecule has 1 unspecified atom stereocenters. The molecule has 1 heterocycles. The van der Waals surface area contributed by atoms with Gasteiger partial charge in [0.1, 0.15) is 12.6 Å². The van der Waals surface area contributed by atoms with Crippen LogP contribution < -0.4 is 5.32 Å². The molecule has 5 nitrogen and oxygen atoms in total. The maximum atomic E-state index is 12.3. The smallest absolute Gasteiger partial charge is 0.249 e. The average molecular weight is 331 g/mol. The number of methoxy groups -OCH3 is 1. The van der Waals surface area contributed by atoms with Gasteiger partial charge in [-0.2, -0.15) is 0 Å². The molecule has 0 aliphatic carbocycles. The van der Waals surface area contributed by atoms with Crippen molar-refractivity contribution in [3.63, 3.8) is 0 Å². The molecule has 1 aliphatic rings. The highest BCUT2D eigenvalue weighted by molar-refractivity contribution is 6.35. The highest BCUT2D eigenvalue weighted by Crippen LogP contribution is 2.24. The summed E-state index contributed by atoms with van der Waals surface area (Å²) in [6.07, 6.45) is 1.43. The first-order valence-corrected chi connectivity index (χ1v) is 7.32. The minimum atomic E-state index is -0.481. The summed E-state index contributed by atoms with van der Waals surface area (Å²) in [5.74, 6) is -0.422. The SMILES string of the molecule is COCC(=O)N1CCCC1C(=O)Nc1cc(Cl)cc(Cl)c1. The Morgan fingerprint density at radius 3 is 2.62 bits per heavy atom. The number of amides is 2. The molecule has 2 rings (SSSR count). The second-order valence-corrected chi connectivity index (χ2v) is 5.70. The van der Waals surface area contributed by atoms with E-state index in [4.69, 9.17) is 27.9 Å². The number of rotatable bonds is 4. The van der Waals surface area contributed by atoms with Crippen LogP contribution in [0.3, 0.4) is 0 Å². The van der Waals surface area contributed by atoms with E-state index in [1.54, 1.807) is 23.1 Å². The van der Waals surface area contributed by atoms with Crippen molar-refractivity contribution in [2.75, 3.05) is 25.6 Å². The largest absolute Gasteiger partial charge is 0.375 e. The Labute approximate surface area is 133 Å². The number of hydrogen-bond donors (Lipinski definition) is 1. The summed E-state index contributed by atoms with van der Waals surface area (Å²) < 4.78 is 4.84. The molecule has 7 heteroatoms. The van der Waals surface area contributed by atoms with Gasteiger partial charge in [0.15, 0.2) is 0 Å². The lowest BCUT2D eigenvalue weighted by atomic mass is 10.2. The van der Waals surface area contributed by atoms with Crippen LogP contribution in [0.2, 0.25) is 10.0 Å². The fourth-order valence-corrected chi connectivity index (χ4v) is 2.92. The average Bonchev–Trinajstić information content (AvgIpc) is 2.86. The van der Waals surface area contributed by atoms with Crippen LogP contribution in [0, 0.1) is 0 Å². The van der Waals surface area contributed by atoms with E-state index in [0.29, 0.717) is 28.7 Å².